The summed E-state index contributed by atoms with van der Waals surface area (Å²) in [5.41, 5.74) is 1.26. The van der Waals surface area contributed by atoms with Crippen molar-refractivity contribution in [3.8, 4) is 0 Å². The fourth-order valence-electron chi connectivity index (χ4n) is 1.66. The molecule has 0 aliphatic carbocycles. The average molecular weight is 250 g/mol. The van der Waals surface area contributed by atoms with Gasteiger partial charge in [-0.2, -0.15) is 0 Å². The van der Waals surface area contributed by atoms with Crippen LogP contribution >= 0.6 is 0 Å². The van der Waals surface area contributed by atoms with Crippen LogP contribution in [-0.2, 0) is 9.47 Å². The monoisotopic (exact) mass is 250 g/mol. The van der Waals surface area contributed by atoms with Crippen LogP contribution in [0.15, 0.2) is 24.3 Å². The molecule has 0 saturated carbocycles. The van der Waals surface area contributed by atoms with Crippen LogP contribution in [0, 0.1) is 0 Å². The predicted octanol–water partition coefficient (Wildman–Crippen LogP) is 2.21. The molecule has 1 aromatic carbocycles. The van der Waals surface area contributed by atoms with Gasteiger partial charge in [0.1, 0.15) is 6.61 Å². The number of amides is 2. The van der Waals surface area contributed by atoms with Crippen LogP contribution in [0.3, 0.4) is 0 Å². The average Bonchev–Trinajstić information content (AvgIpc) is 2.76. The highest BCUT2D eigenvalue weighted by molar-refractivity contribution is 5.91. The molecule has 0 radical (unpaired) electrons. The molecule has 0 atom stereocenters. The molecule has 18 heavy (non-hydrogen) atoms. The van der Waals surface area contributed by atoms with Crippen molar-refractivity contribution < 1.29 is 19.1 Å². The molecular weight excluding hydrogens is 236 g/mol. The zero-order chi connectivity index (χ0) is 13.0. The second-order valence-corrected chi connectivity index (χ2v) is 3.66. The molecule has 0 unspecified atom stereocenters. The van der Waals surface area contributed by atoms with Crippen molar-refractivity contribution in [3.63, 3.8) is 0 Å². The van der Waals surface area contributed by atoms with Crippen LogP contribution in [-0.4, -0.2) is 31.9 Å². The molecule has 1 saturated heterocycles. The van der Waals surface area contributed by atoms with Gasteiger partial charge in [-0.25, -0.2) is 9.59 Å². The van der Waals surface area contributed by atoms with E-state index in [2.05, 4.69) is 5.32 Å². The zero-order valence-corrected chi connectivity index (χ0v) is 10.0. The van der Waals surface area contributed by atoms with E-state index in [1.54, 1.807) is 31.2 Å². The summed E-state index contributed by atoms with van der Waals surface area (Å²) in [5.74, 6) is 0. The predicted molar refractivity (Wildman–Crippen MR) is 65.8 cm³/mol. The van der Waals surface area contributed by atoms with Crippen molar-refractivity contribution in [3.05, 3.63) is 24.3 Å². The number of nitrogens with zero attached hydrogens (tertiary/aromatic N) is 1. The second-order valence-electron chi connectivity index (χ2n) is 3.66. The fourth-order valence-corrected chi connectivity index (χ4v) is 1.66. The summed E-state index contributed by atoms with van der Waals surface area (Å²) < 4.78 is 9.63. The number of hydrogen-bond donors (Lipinski definition) is 1. The summed E-state index contributed by atoms with van der Waals surface area (Å²) >= 11 is 0. The van der Waals surface area contributed by atoms with Gasteiger partial charge in [0.25, 0.3) is 0 Å². The minimum atomic E-state index is -0.515. The molecule has 1 heterocycles. The van der Waals surface area contributed by atoms with Gasteiger partial charge in [-0.1, -0.05) is 6.07 Å². The molecule has 6 nitrogen and oxygen atoms in total. The third-order valence-electron chi connectivity index (χ3n) is 2.44. The van der Waals surface area contributed by atoms with Gasteiger partial charge in [-0.3, -0.25) is 10.2 Å². The van der Waals surface area contributed by atoms with Gasteiger partial charge >= 0.3 is 12.2 Å². The van der Waals surface area contributed by atoms with Gasteiger partial charge in [0.05, 0.1) is 13.2 Å². The zero-order valence-electron chi connectivity index (χ0n) is 10.0. The number of carbonyl (C=O) groups is 2. The van der Waals surface area contributed by atoms with E-state index in [4.69, 9.17) is 9.47 Å². The van der Waals surface area contributed by atoms with Gasteiger partial charge in [0.2, 0.25) is 0 Å². The molecule has 0 spiro atoms. The Labute approximate surface area is 104 Å². The Morgan fingerprint density at radius 1 is 1.56 bits per heavy atom. The van der Waals surface area contributed by atoms with E-state index in [1.807, 2.05) is 0 Å². The van der Waals surface area contributed by atoms with Crippen molar-refractivity contribution in [2.24, 2.45) is 0 Å². The van der Waals surface area contributed by atoms with E-state index in [9.17, 15) is 9.59 Å². The lowest BCUT2D eigenvalue weighted by molar-refractivity contribution is 0.168. The third kappa shape index (κ3) is 2.71. The fraction of sp³-hybridized carbons (Fsp3) is 0.333. The quantitative estimate of drug-likeness (QED) is 0.893. The second kappa shape index (κ2) is 5.39. The number of rotatable bonds is 3. The van der Waals surface area contributed by atoms with Crippen LogP contribution in [0.25, 0.3) is 0 Å². The van der Waals surface area contributed by atoms with Gasteiger partial charge in [0.15, 0.2) is 0 Å². The maximum absolute atomic E-state index is 11.4. The lowest BCUT2D eigenvalue weighted by Crippen LogP contribution is -2.23. The molecule has 96 valence electrons. The topological polar surface area (TPSA) is 67.9 Å². The summed E-state index contributed by atoms with van der Waals surface area (Å²) in [5, 5.41) is 2.58. The first-order valence-electron chi connectivity index (χ1n) is 5.69. The molecule has 0 aromatic heterocycles. The minimum Gasteiger partial charge on any atom is -0.450 e. The van der Waals surface area contributed by atoms with Crippen molar-refractivity contribution in [1.29, 1.82) is 0 Å². The van der Waals surface area contributed by atoms with E-state index in [0.717, 1.165) is 0 Å². The maximum atomic E-state index is 11.4. The number of anilines is 2. The Kier molecular flexibility index (Phi) is 3.66. The van der Waals surface area contributed by atoms with E-state index >= 15 is 0 Å². The van der Waals surface area contributed by atoms with Crippen molar-refractivity contribution in [2.45, 2.75) is 6.92 Å². The highest BCUT2D eigenvalue weighted by Gasteiger charge is 2.23. The smallest absolute Gasteiger partial charge is 0.414 e. The van der Waals surface area contributed by atoms with E-state index < -0.39 is 6.09 Å². The molecule has 0 bridgehead atoms. The van der Waals surface area contributed by atoms with Gasteiger partial charge in [0, 0.05) is 11.4 Å². The number of cyclic esters (lactones) is 1. The molecule has 1 fully saturated rings. The molecule has 1 N–H and O–H groups in total. The van der Waals surface area contributed by atoms with Crippen molar-refractivity contribution in [2.75, 3.05) is 30.0 Å². The van der Waals surface area contributed by atoms with E-state index in [0.29, 0.717) is 31.1 Å². The maximum Gasteiger partial charge on any atom is 0.414 e. The molecule has 2 rings (SSSR count). The van der Waals surface area contributed by atoms with Crippen LogP contribution < -0.4 is 10.2 Å². The van der Waals surface area contributed by atoms with Crippen molar-refractivity contribution >= 4 is 23.6 Å². The Morgan fingerprint density at radius 3 is 3.06 bits per heavy atom. The van der Waals surface area contributed by atoms with Gasteiger partial charge in [-0.05, 0) is 25.1 Å². The normalized spacial score (nSPS) is 14.3. The number of benzene rings is 1. The Morgan fingerprint density at radius 2 is 2.39 bits per heavy atom. The first kappa shape index (κ1) is 12.2. The van der Waals surface area contributed by atoms with Gasteiger partial charge in [-0.15, -0.1) is 0 Å². The molecule has 1 aliphatic heterocycles. The van der Waals surface area contributed by atoms with Crippen LogP contribution in [0.1, 0.15) is 6.92 Å². The molecule has 1 aromatic rings. The van der Waals surface area contributed by atoms with Crippen LogP contribution in [0.5, 0.6) is 0 Å². The number of carbonyl (C=O) groups excluding carboxylic acids is 2. The highest BCUT2D eigenvalue weighted by Crippen LogP contribution is 2.22. The third-order valence-corrected chi connectivity index (χ3v) is 2.44. The molecule has 1 aliphatic rings. The Hall–Kier alpha value is -2.24. The largest absolute Gasteiger partial charge is 0.450 e. The van der Waals surface area contributed by atoms with E-state index in [-0.39, 0.29) is 6.09 Å². The van der Waals surface area contributed by atoms with Gasteiger partial charge < -0.3 is 9.47 Å². The standard InChI is InChI=1S/C12H14N2O4/c1-2-17-11(15)13-9-4-3-5-10(8-9)14-6-7-18-12(14)16/h3-5,8H,2,6-7H2,1H3,(H,13,15). The first-order chi connectivity index (χ1) is 8.70. The first-order valence-corrected chi connectivity index (χ1v) is 5.69. The summed E-state index contributed by atoms with van der Waals surface area (Å²) in [6, 6.07) is 6.96. The summed E-state index contributed by atoms with van der Waals surface area (Å²) in [4.78, 5) is 24.2. The lowest BCUT2D eigenvalue weighted by Gasteiger charge is -2.14. The number of nitrogens with one attached hydrogen (secondary N) is 1. The number of hydrogen-bond acceptors (Lipinski definition) is 4. The van der Waals surface area contributed by atoms with Crippen LogP contribution in [0.2, 0.25) is 0 Å². The summed E-state index contributed by atoms with van der Waals surface area (Å²) in [6.45, 7) is 2.94. The van der Waals surface area contributed by atoms with E-state index in [1.165, 1.54) is 4.90 Å². The lowest BCUT2D eigenvalue weighted by atomic mass is 10.2. The molecular formula is C12H14N2O4. The molecule has 2 amide bonds. The summed E-state index contributed by atoms with van der Waals surface area (Å²) in [6.07, 6.45) is -0.887. The number of ether oxygens (including phenoxy) is 2. The Bertz CT molecular complexity index is 461. The highest BCUT2D eigenvalue weighted by atomic mass is 16.6. The SMILES string of the molecule is CCOC(=O)Nc1cccc(N2CCOC2=O)c1. The minimum absolute atomic E-state index is 0.309. The molecule has 6 heteroatoms. The Balaban J connectivity index is 2.10. The summed E-state index contributed by atoms with van der Waals surface area (Å²) in [7, 11) is 0. The van der Waals surface area contributed by atoms with Crippen molar-refractivity contribution in [1.82, 2.24) is 0 Å². The van der Waals surface area contributed by atoms with Crippen LogP contribution in [0.4, 0.5) is 21.0 Å².